The Labute approximate surface area is 226 Å². The van der Waals surface area contributed by atoms with Gasteiger partial charge in [0.1, 0.15) is 5.82 Å². The molecule has 2 aliphatic heterocycles. The van der Waals surface area contributed by atoms with Crippen LogP contribution in [0.3, 0.4) is 0 Å². The Balaban J connectivity index is 1.07. The van der Waals surface area contributed by atoms with Crippen molar-refractivity contribution >= 4 is 29.6 Å². The number of amides is 2. The van der Waals surface area contributed by atoms with E-state index in [4.69, 9.17) is 9.47 Å². The number of aromatic nitrogens is 3. The summed E-state index contributed by atoms with van der Waals surface area (Å²) in [5.74, 6) is 0.482. The molecular weight excluding hydrogens is 504 g/mol. The molecule has 11 heteroatoms. The van der Waals surface area contributed by atoms with Crippen LogP contribution in [0.4, 0.5) is 10.6 Å². The van der Waals surface area contributed by atoms with Gasteiger partial charge in [-0.1, -0.05) is 23.9 Å². The number of benzene rings is 1. The Kier molecular flexibility index (Phi) is 8.57. The molecule has 3 aromatic rings. The summed E-state index contributed by atoms with van der Waals surface area (Å²) in [4.78, 5) is 37.9. The summed E-state index contributed by atoms with van der Waals surface area (Å²) in [6, 6.07) is 10.8. The van der Waals surface area contributed by atoms with Crippen molar-refractivity contribution in [1.82, 2.24) is 24.3 Å². The zero-order valence-electron chi connectivity index (χ0n) is 21.4. The van der Waals surface area contributed by atoms with Gasteiger partial charge in [0.15, 0.2) is 10.9 Å². The van der Waals surface area contributed by atoms with Gasteiger partial charge < -0.3 is 24.3 Å². The van der Waals surface area contributed by atoms with Crippen molar-refractivity contribution in [2.45, 2.75) is 29.8 Å². The summed E-state index contributed by atoms with van der Waals surface area (Å²) in [5, 5.41) is 4.21. The Hall–Kier alpha value is -3.41. The van der Waals surface area contributed by atoms with E-state index < -0.39 is 0 Å². The molecule has 0 radical (unpaired) electrons. The number of hydrogen-bond acceptors (Lipinski definition) is 8. The largest absolute Gasteiger partial charge is 0.415 e. The van der Waals surface area contributed by atoms with Crippen LogP contribution in [-0.4, -0.2) is 81.0 Å². The average molecular weight is 537 g/mol. The van der Waals surface area contributed by atoms with Gasteiger partial charge in [0, 0.05) is 63.0 Å². The van der Waals surface area contributed by atoms with Crippen LogP contribution in [0.2, 0.25) is 0 Å². The predicted octanol–water partition coefficient (Wildman–Crippen LogP) is 3.66. The number of likely N-dealkylation sites (tertiary alicyclic amines) is 1. The fraction of sp³-hybridized carbons (Fsp3) is 0.407. The topological polar surface area (TPSA) is 102 Å². The molecule has 2 aliphatic rings. The fourth-order valence-electron chi connectivity index (χ4n) is 4.42. The van der Waals surface area contributed by atoms with Gasteiger partial charge in [0.2, 0.25) is 0 Å². The molecule has 38 heavy (non-hydrogen) atoms. The van der Waals surface area contributed by atoms with Crippen LogP contribution in [0.15, 0.2) is 60.1 Å². The minimum Gasteiger partial charge on any atom is -0.409 e. The monoisotopic (exact) mass is 536 g/mol. The second-order valence-electron chi connectivity index (χ2n) is 9.41. The molecule has 2 amide bonds. The summed E-state index contributed by atoms with van der Waals surface area (Å²) >= 11 is 1.75. The van der Waals surface area contributed by atoms with Crippen LogP contribution in [0.1, 0.15) is 28.8 Å². The van der Waals surface area contributed by atoms with E-state index in [0.717, 1.165) is 56.4 Å². The Morgan fingerprint density at radius 2 is 1.82 bits per heavy atom. The molecule has 0 saturated carbocycles. The number of carbonyl (C=O) groups is 2. The maximum Gasteiger partial charge on any atom is 0.415 e. The standard InChI is InChI=1S/C27H32N6O4S/c1-31-13-10-28-26(31)38-23-8-11-33(12-9-23)27(35)37-22-6-7-24(29-18-22)30-25(34)21-4-2-20(3-5-21)19-32-14-16-36-17-15-32/h2-7,10,13,18,23H,8-9,11-12,14-17,19H2,1H3,(H,29,30,34). The van der Waals surface area contributed by atoms with Crippen LogP contribution >= 0.6 is 11.8 Å². The van der Waals surface area contributed by atoms with Crippen molar-refractivity contribution in [3.8, 4) is 5.75 Å². The summed E-state index contributed by atoms with van der Waals surface area (Å²) in [6.07, 6.45) is 6.55. The summed E-state index contributed by atoms with van der Waals surface area (Å²) in [5.41, 5.74) is 1.71. The number of piperidine rings is 1. The first-order valence-electron chi connectivity index (χ1n) is 12.8. The minimum absolute atomic E-state index is 0.244. The summed E-state index contributed by atoms with van der Waals surface area (Å²) in [7, 11) is 1.98. The van der Waals surface area contributed by atoms with Gasteiger partial charge in [-0.2, -0.15) is 0 Å². The zero-order valence-corrected chi connectivity index (χ0v) is 22.2. The number of nitrogens with one attached hydrogen (secondary N) is 1. The average Bonchev–Trinajstić information content (AvgIpc) is 3.35. The van der Waals surface area contributed by atoms with Crippen molar-refractivity contribution in [2.75, 3.05) is 44.7 Å². The molecule has 0 spiro atoms. The first-order valence-corrected chi connectivity index (χ1v) is 13.7. The number of anilines is 1. The maximum atomic E-state index is 12.7. The molecule has 0 bridgehead atoms. The smallest absolute Gasteiger partial charge is 0.409 e. The van der Waals surface area contributed by atoms with E-state index in [0.29, 0.717) is 35.5 Å². The van der Waals surface area contributed by atoms with Gasteiger partial charge in [0.25, 0.3) is 5.91 Å². The van der Waals surface area contributed by atoms with E-state index in [1.807, 2.05) is 42.1 Å². The third-order valence-electron chi connectivity index (χ3n) is 6.66. The molecule has 1 aromatic carbocycles. The predicted molar refractivity (Wildman–Crippen MR) is 144 cm³/mol. The molecule has 4 heterocycles. The third kappa shape index (κ3) is 6.91. The highest BCUT2D eigenvalue weighted by molar-refractivity contribution is 7.99. The van der Waals surface area contributed by atoms with Gasteiger partial charge >= 0.3 is 6.09 Å². The lowest BCUT2D eigenvalue weighted by Crippen LogP contribution is -2.41. The van der Waals surface area contributed by atoms with Crippen LogP contribution in [0.25, 0.3) is 0 Å². The Bertz CT molecular complexity index is 1220. The highest BCUT2D eigenvalue weighted by Gasteiger charge is 2.25. The van der Waals surface area contributed by atoms with E-state index in [1.165, 1.54) is 6.20 Å². The van der Waals surface area contributed by atoms with E-state index >= 15 is 0 Å². The number of morpholine rings is 1. The Morgan fingerprint density at radius 1 is 1.05 bits per heavy atom. The molecule has 2 aromatic heterocycles. The first kappa shape index (κ1) is 26.2. The first-order chi connectivity index (χ1) is 18.5. The summed E-state index contributed by atoms with van der Waals surface area (Å²) in [6.45, 7) is 5.47. The molecular formula is C27H32N6O4S. The third-order valence-corrected chi connectivity index (χ3v) is 8.07. The van der Waals surface area contributed by atoms with Gasteiger partial charge in [-0.3, -0.25) is 9.69 Å². The fourth-order valence-corrected chi connectivity index (χ4v) is 5.51. The number of nitrogens with zero attached hydrogens (tertiary/aromatic N) is 5. The lowest BCUT2D eigenvalue weighted by Gasteiger charge is -2.30. The molecule has 1 N–H and O–H groups in total. The maximum absolute atomic E-state index is 12.7. The lowest BCUT2D eigenvalue weighted by molar-refractivity contribution is 0.0342. The van der Waals surface area contributed by atoms with Gasteiger partial charge in [0.05, 0.1) is 19.4 Å². The quantitative estimate of drug-likeness (QED) is 0.488. The summed E-state index contributed by atoms with van der Waals surface area (Å²) < 4.78 is 12.9. The van der Waals surface area contributed by atoms with Crippen molar-refractivity contribution in [2.24, 2.45) is 7.05 Å². The molecule has 200 valence electrons. The molecule has 2 fully saturated rings. The van der Waals surface area contributed by atoms with Gasteiger partial charge in [-0.05, 0) is 42.7 Å². The van der Waals surface area contributed by atoms with Crippen molar-refractivity contribution in [1.29, 1.82) is 0 Å². The van der Waals surface area contributed by atoms with Crippen LogP contribution in [0, 0.1) is 0 Å². The second-order valence-corrected chi connectivity index (χ2v) is 10.7. The van der Waals surface area contributed by atoms with E-state index in [9.17, 15) is 9.59 Å². The number of hydrogen-bond donors (Lipinski definition) is 1. The Morgan fingerprint density at radius 3 is 2.47 bits per heavy atom. The van der Waals surface area contributed by atoms with E-state index in [-0.39, 0.29) is 12.0 Å². The van der Waals surface area contributed by atoms with Gasteiger partial charge in [-0.15, -0.1) is 0 Å². The normalized spacial score (nSPS) is 16.8. The number of imidazole rings is 1. The van der Waals surface area contributed by atoms with Crippen LogP contribution in [-0.2, 0) is 18.3 Å². The molecule has 0 unspecified atom stereocenters. The van der Waals surface area contributed by atoms with Crippen LogP contribution in [0.5, 0.6) is 5.75 Å². The highest BCUT2D eigenvalue weighted by atomic mass is 32.2. The number of pyridine rings is 1. The molecule has 10 nitrogen and oxygen atoms in total. The highest BCUT2D eigenvalue weighted by Crippen LogP contribution is 2.29. The van der Waals surface area contributed by atoms with Crippen molar-refractivity contribution in [3.05, 3.63) is 66.1 Å². The van der Waals surface area contributed by atoms with Crippen LogP contribution < -0.4 is 10.1 Å². The SMILES string of the molecule is Cn1ccnc1SC1CCN(C(=O)Oc2ccc(NC(=O)c3ccc(CN4CCOCC4)cc3)nc2)CC1. The molecule has 0 aliphatic carbocycles. The molecule has 5 rings (SSSR count). The molecule has 0 atom stereocenters. The number of aryl methyl sites for hydroxylation is 1. The number of thioether (sulfide) groups is 1. The molecule has 2 saturated heterocycles. The number of ether oxygens (including phenoxy) is 2. The zero-order chi connectivity index (χ0) is 26.3. The number of rotatable bonds is 7. The minimum atomic E-state index is -0.388. The van der Waals surface area contributed by atoms with Crippen molar-refractivity contribution < 1.29 is 19.1 Å². The number of carbonyl (C=O) groups excluding carboxylic acids is 2. The van der Waals surface area contributed by atoms with Gasteiger partial charge in [-0.25, -0.2) is 14.8 Å². The van der Waals surface area contributed by atoms with Crippen molar-refractivity contribution in [3.63, 3.8) is 0 Å². The lowest BCUT2D eigenvalue weighted by atomic mass is 10.1. The van der Waals surface area contributed by atoms with E-state index in [1.54, 1.807) is 35.0 Å². The van der Waals surface area contributed by atoms with E-state index in [2.05, 4.69) is 20.2 Å². The second kappa shape index (κ2) is 12.4.